The third-order valence-corrected chi connectivity index (χ3v) is 4.18. The molecule has 106 valence electrons. The molecule has 1 aliphatic carbocycles. The zero-order valence-corrected chi connectivity index (χ0v) is 12.6. The molecule has 0 aliphatic heterocycles. The maximum atomic E-state index is 6.26. The minimum Gasteiger partial charge on any atom is -0.382 e. The molecule has 1 aliphatic rings. The van der Waals surface area contributed by atoms with E-state index in [9.17, 15) is 0 Å². The molecule has 2 nitrogen and oxygen atoms in total. The summed E-state index contributed by atoms with van der Waals surface area (Å²) < 4.78 is 5.41. The topological polar surface area (TPSA) is 21.3 Å². The number of hydrogen-bond donors (Lipinski definition) is 1. The summed E-state index contributed by atoms with van der Waals surface area (Å²) in [5.41, 5.74) is 1.25. The lowest BCUT2D eigenvalue weighted by Crippen LogP contribution is -2.28. The first kappa shape index (κ1) is 14.8. The van der Waals surface area contributed by atoms with Gasteiger partial charge in [0.25, 0.3) is 0 Å². The molecule has 2 unspecified atom stereocenters. The van der Waals surface area contributed by atoms with E-state index in [-0.39, 0.29) is 0 Å². The molecule has 1 aromatic rings. The first-order valence-corrected chi connectivity index (χ1v) is 7.56. The van der Waals surface area contributed by atoms with Crippen LogP contribution in [0.2, 0.25) is 5.02 Å². The van der Waals surface area contributed by atoms with Gasteiger partial charge in [0.2, 0.25) is 0 Å². The van der Waals surface area contributed by atoms with E-state index in [1.165, 1.54) is 18.4 Å². The number of methoxy groups -OCH3 is 1. The van der Waals surface area contributed by atoms with Crippen molar-refractivity contribution < 1.29 is 4.74 Å². The normalized spacial score (nSPS) is 18.3. The average Bonchev–Trinajstić information content (AvgIpc) is 3.22. The second-order valence-corrected chi connectivity index (χ2v) is 6.03. The zero-order chi connectivity index (χ0) is 13.7. The van der Waals surface area contributed by atoms with Crippen molar-refractivity contribution in [3.63, 3.8) is 0 Å². The Balaban J connectivity index is 1.92. The number of benzene rings is 1. The zero-order valence-electron chi connectivity index (χ0n) is 11.9. The Morgan fingerprint density at radius 2 is 2.11 bits per heavy atom. The number of halogens is 1. The van der Waals surface area contributed by atoms with E-state index in [1.54, 1.807) is 7.11 Å². The van der Waals surface area contributed by atoms with Gasteiger partial charge >= 0.3 is 0 Å². The van der Waals surface area contributed by atoms with E-state index in [0.29, 0.717) is 12.0 Å². The number of hydrogen-bond acceptors (Lipinski definition) is 2. The highest BCUT2D eigenvalue weighted by atomic mass is 35.5. The summed E-state index contributed by atoms with van der Waals surface area (Å²) in [5, 5.41) is 4.51. The Bertz CT molecular complexity index is 392. The smallest absolute Gasteiger partial charge is 0.0546 e. The van der Waals surface area contributed by atoms with Gasteiger partial charge in [-0.05, 0) is 56.7 Å². The lowest BCUT2D eigenvalue weighted by molar-refractivity contribution is 0.0945. The number of nitrogens with one attached hydrogen (secondary N) is 1. The van der Waals surface area contributed by atoms with Gasteiger partial charge in [0.15, 0.2) is 0 Å². The predicted molar refractivity (Wildman–Crippen MR) is 80.8 cm³/mol. The molecule has 0 saturated heterocycles. The second kappa shape index (κ2) is 7.28. The van der Waals surface area contributed by atoms with Crippen molar-refractivity contribution in [3.05, 3.63) is 34.9 Å². The summed E-state index contributed by atoms with van der Waals surface area (Å²) in [4.78, 5) is 0. The van der Waals surface area contributed by atoms with Crippen LogP contribution in [-0.2, 0) is 11.2 Å². The van der Waals surface area contributed by atoms with Gasteiger partial charge in [-0.2, -0.15) is 0 Å². The molecule has 19 heavy (non-hydrogen) atoms. The second-order valence-electron chi connectivity index (χ2n) is 5.63. The maximum Gasteiger partial charge on any atom is 0.0546 e. The van der Waals surface area contributed by atoms with E-state index in [1.807, 2.05) is 12.1 Å². The molecule has 1 aromatic carbocycles. The van der Waals surface area contributed by atoms with Gasteiger partial charge in [0.05, 0.1) is 6.10 Å². The summed E-state index contributed by atoms with van der Waals surface area (Å²) in [5.74, 6) is 0.579. The third-order valence-electron chi connectivity index (χ3n) is 3.81. The van der Waals surface area contributed by atoms with Crippen molar-refractivity contribution in [1.29, 1.82) is 0 Å². The fourth-order valence-corrected chi connectivity index (χ4v) is 2.61. The fraction of sp³-hybridized carbons (Fsp3) is 0.625. The Morgan fingerprint density at radius 1 is 1.37 bits per heavy atom. The summed E-state index contributed by atoms with van der Waals surface area (Å²) in [6.07, 6.45) is 5.06. The lowest BCUT2D eigenvalue weighted by atomic mass is 9.93. The van der Waals surface area contributed by atoms with Gasteiger partial charge in [-0.1, -0.05) is 29.8 Å². The van der Waals surface area contributed by atoms with E-state index in [0.717, 1.165) is 30.5 Å². The molecule has 3 heteroatoms. The van der Waals surface area contributed by atoms with Crippen LogP contribution >= 0.6 is 11.6 Å². The quantitative estimate of drug-likeness (QED) is 0.785. The Labute approximate surface area is 121 Å². The fourth-order valence-electron chi connectivity index (χ4n) is 2.40. The van der Waals surface area contributed by atoms with Gasteiger partial charge < -0.3 is 10.1 Å². The van der Waals surface area contributed by atoms with Crippen LogP contribution in [0.5, 0.6) is 0 Å². The van der Waals surface area contributed by atoms with Gasteiger partial charge in [0, 0.05) is 18.2 Å². The van der Waals surface area contributed by atoms with E-state index < -0.39 is 0 Å². The molecular formula is C16H24ClNO. The van der Waals surface area contributed by atoms with Crippen molar-refractivity contribution >= 4 is 11.6 Å². The molecule has 0 heterocycles. The number of rotatable bonds is 8. The van der Waals surface area contributed by atoms with Crippen LogP contribution in [-0.4, -0.2) is 25.8 Å². The predicted octanol–water partition coefficient (Wildman–Crippen LogP) is 3.68. The molecule has 1 saturated carbocycles. The molecule has 0 radical (unpaired) electrons. The summed E-state index contributed by atoms with van der Waals surface area (Å²) in [7, 11) is 1.78. The maximum absolute atomic E-state index is 6.26. The van der Waals surface area contributed by atoms with Crippen LogP contribution in [0.15, 0.2) is 24.3 Å². The van der Waals surface area contributed by atoms with Crippen molar-refractivity contribution in [2.75, 3.05) is 13.7 Å². The molecule has 2 atom stereocenters. The molecule has 2 rings (SSSR count). The largest absolute Gasteiger partial charge is 0.382 e. The van der Waals surface area contributed by atoms with E-state index in [2.05, 4.69) is 24.4 Å². The highest BCUT2D eigenvalue weighted by molar-refractivity contribution is 6.31. The van der Waals surface area contributed by atoms with E-state index in [4.69, 9.17) is 16.3 Å². The van der Waals surface area contributed by atoms with Gasteiger partial charge in [-0.3, -0.25) is 0 Å². The first-order chi connectivity index (χ1) is 9.19. The summed E-state index contributed by atoms with van der Waals surface area (Å²) in [6.45, 7) is 3.19. The van der Waals surface area contributed by atoms with Crippen LogP contribution in [0.1, 0.15) is 31.7 Å². The molecule has 0 bridgehead atoms. The molecular weight excluding hydrogens is 258 g/mol. The Hall–Kier alpha value is -0.570. The minimum atomic E-state index is 0.300. The van der Waals surface area contributed by atoms with Crippen molar-refractivity contribution in [3.8, 4) is 0 Å². The van der Waals surface area contributed by atoms with Crippen LogP contribution in [0.3, 0.4) is 0 Å². The highest BCUT2D eigenvalue weighted by Gasteiger charge is 2.23. The molecule has 1 N–H and O–H groups in total. The third kappa shape index (κ3) is 5.13. The van der Waals surface area contributed by atoms with Crippen molar-refractivity contribution in [1.82, 2.24) is 5.32 Å². The SMILES string of the molecule is COC(C)CC(CNC1CC1)Cc1ccccc1Cl. The highest BCUT2D eigenvalue weighted by Crippen LogP contribution is 2.23. The Morgan fingerprint density at radius 3 is 2.74 bits per heavy atom. The number of ether oxygens (including phenoxy) is 1. The molecule has 1 fully saturated rings. The monoisotopic (exact) mass is 281 g/mol. The molecule has 0 aromatic heterocycles. The van der Waals surface area contributed by atoms with E-state index >= 15 is 0 Å². The van der Waals surface area contributed by atoms with Crippen LogP contribution in [0.4, 0.5) is 0 Å². The van der Waals surface area contributed by atoms with Crippen LogP contribution in [0.25, 0.3) is 0 Å². The molecule has 0 amide bonds. The van der Waals surface area contributed by atoms with Crippen LogP contribution < -0.4 is 5.32 Å². The average molecular weight is 282 g/mol. The first-order valence-electron chi connectivity index (χ1n) is 7.18. The molecule has 0 spiro atoms. The standard InChI is InChI=1S/C16H24ClNO/c1-12(19-2)9-13(11-18-15-7-8-15)10-14-5-3-4-6-16(14)17/h3-6,12-13,15,18H,7-11H2,1-2H3. The Kier molecular flexibility index (Phi) is 5.68. The van der Waals surface area contributed by atoms with Crippen LogP contribution in [0, 0.1) is 5.92 Å². The van der Waals surface area contributed by atoms with Gasteiger partial charge in [-0.15, -0.1) is 0 Å². The lowest BCUT2D eigenvalue weighted by Gasteiger charge is -2.21. The van der Waals surface area contributed by atoms with Gasteiger partial charge in [0.1, 0.15) is 0 Å². The van der Waals surface area contributed by atoms with Crippen molar-refractivity contribution in [2.24, 2.45) is 5.92 Å². The summed E-state index contributed by atoms with van der Waals surface area (Å²) >= 11 is 6.26. The van der Waals surface area contributed by atoms with Gasteiger partial charge in [-0.25, -0.2) is 0 Å². The van der Waals surface area contributed by atoms with Crippen molar-refractivity contribution in [2.45, 2.75) is 44.8 Å². The minimum absolute atomic E-state index is 0.300. The summed E-state index contributed by atoms with van der Waals surface area (Å²) in [6, 6.07) is 8.91.